The lowest BCUT2D eigenvalue weighted by Gasteiger charge is -2.07. The average Bonchev–Trinajstić information content (AvgIpc) is 3.02. The number of nitrogens with one attached hydrogen (secondary N) is 1. The maximum Gasteiger partial charge on any atom is 0.257 e. The number of amides is 1. The van der Waals surface area contributed by atoms with Crippen LogP contribution in [0.4, 0.5) is 5.13 Å². The minimum atomic E-state index is -3.89. The lowest BCUT2D eigenvalue weighted by molar-refractivity contribution is 0.102. The maximum absolute atomic E-state index is 12.7. The van der Waals surface area contributed by atoms with Crippen molar-refractivity contribution in [3.05, 3.63) is 64.0 Å². The van der Waals surface area contributed by atoms with Crippen LogP contribution in [-0.4, -0.2) is 19.3 Å². The Morgan fingerprint density at radius 3 is 2.45 bits per heavy atom. The summed E-state index contributed by atoms with van der Waals surface area (Å²) in [5, 5.41) is 8.41. The molecule has 3 N–H and O–H groups in total. The minimum Gasteiger partial charge on any atom is -0.298 e. The number of carbonyl (C=O) groups excluding carboxylic acids is 1. The highest BCUT2D eigenvalue weighted by atomic mass is 32.2. The van der Waals surface area contributed by atoms with Crippen LogP contribution < -0.4 is 10.5 Å². The Kier molecular flexibility index (Phi) is 6.16. The van der Waals surface area contributed by atoms with Crippen molar-refractivity contribution in [1.29, 1.82) is 0 Å². The predicted molar refractivity (Wildman–Crippen MR) is 117 cm³/mol. The number of sulfonamides is 1. The fraction of sp³-hybridized carbons (Fsp3) is 0.238. The van der Waals surface area contributed by atoms with Gasteiger partial charge in [-0.15, -0.1) is 11.3 Å². The zero-order chi connectivity index (χ0) is 21.2. The lowest BCUT2D eigenvalue weighted by atomic mass is 10.1. The second-order valence-electron chi connectivity index (χ2n) is 6.85. The molecule has 0 unspecified atom stereocenters. The summed E-state index contributed by atoms with van der Waals surface area (Å²) < 4.78 is 23.2. The number of aryl methyl sites for hydroxylation is 3. The molecule has 0 atom stereocenters. The van der Waals surface area contributed by atoms with Crippen LogP contribution in [0, 0.1) is 13.8 Å². The standard InChI is InChI=1S/C21H23N3O3S2/c1-4-5-15-7-9-16(10-8-15)19-14(3)28-21(23-19)24-20(25)18-12-17(29(22,26)27)11-6-13(18)2/h6-12H,4-5H2,1-3H3,(H2,22,26,27)(H,23,24,25). The first-order valence-electron chi connectivity index (χ1n) is 9.20. The molecule has 2 aromatic carbocycles. The topological polar surface area (TPSA) is 102 Å². The van der Waals surface area contributed by atoms with E-state index in [2.05, 4.69) is 29.4 Å². The van der Waals surface area contributed by atoms with E-state index in [0.29, 0.717) is 10.7 Å². The summed E-state index contributed by atoms with van der Waals surface area (Å²) in [5.41, 5.74) is 3.99. The number of thiazole rings is 1. The molecule has 1 heterocycles. The summed E-state index contributed by atoms with van der Waals surface area (Å²) in [4.78, 5) is 18.2. The van der Waals surface area contributed by atoms with Crippen LogP contribution in [-0.2, 0) is 16.4 Å². The zero-order valence-corrected chi connectivity index (χ0v) is 18.2. The summed E-state index contributed by atoms with van der Waals surface area (Å²) >= 11 is 1.38. The van der Waals surface area contributed by atoms with Gasteiger partial charge < -0.3 is 0 Å². The Morgan fingerprint density at radius 2 is 1.83 bits per heavy atom. The predicted octanol–water partition coefficient (Wildman–Crippen LogP) is 4.28. The number of nitrogens with two attached hydrogens (primary N) is 1. The number of anilines is 1. The molecule has 6 nitrogen and oxygen atoms in total. The van der Waals surface area contributed by atoms with Crippen LogP contribution in [0.3, 0.4) is 0 Å². The van der Waals surface area contributed by atoms with Gasteiger partial charge in [0.25, 0.3) is 5.91 Å². The number of hydrogen-bond donors (Lipinski definition) is 2. The molecule has 8 heteroatoms. The molecule has 3 aromatic rings. The Morgan fingerprint density at radius 1 is 1.14 bits per heavy atom. The van der Waals surface area contributed by atoms with Crippen LogP contribution in [0.5, 0.6) is 0 Å². The van der Waals surface area contributed by atoms with E-state index in [1.165, 1.54) is 29.0 Å². The van der Waals surface area contributed by atoms with E-state index in [4.69, 9.17) is 5.14 Å². The molecule has 0 aliphatic rings. The van der Waals surface area contributed by atoms with Crippen molar-refractivity contribution in [2.45, 2.75) is 38.5 Å². The van der Waals surface area contributed by atoms with E-state index >= 15 is 0 Å². The fourth-order valence-electron chi connectivity index (χ4n) is 3.02. The van der Waals surface area contributed by atoms with Gasteiger partial charge in [0.1, 0.15) is 0 Å². The van der Waals surface area contributed by atoms with E-state index in [-0.39, 0.29) is 10.5 Å². The van der Waals surface area contributed by atoms with Crippen molar-refractivity contribution >= 4 is 32.4 Å². The molecule has 152 valence electrons. The number of primary sulfonamides is 1. The Hall–Kier alpha value is -2.55. The van der Waals surface area contributed by atoms with Gasteiger partial charge in [-0.25, -0.2) is 18.5 Å². The van der Waals surface area contributed by atoms with Crippen molar-refractivity contribution in [2.24, 2.45) is 5.14 Å². The fourth-order valence-corrected chi connectivity index (χ4v) is 4.39. The van der Waals surface area contributed by atoms with Gasteiger partial charge in [-0.1, -0.05) is 43.7 Å². The molecule has 1 amide bonds. The molecular formula is C21H23N3O3S2. The molecule has 0 spiro atoms. The Bertz CT molecular complexity index is 1150. The highest BCUT2D eigenvalue weighted by Gasteiger charge is 2.17. The number of hydrogen-bond acceptors (Lipinski definition) is 5. The molecule has 0 aliphatic heterocycles. The molecule has 0 radical (unpaired) electrons. The number of rotatable bonds is 6. The minimum absolute atomic E-state index is 0.101. The highest BCUT2D eigenvalue weighted by molar-refractivity contribution is 7.89. The van der Waals surface area contributed by atoms with Gasteiger partial charge in [0.05, 0.1) is 10.6 Å². The molecule has 0 bridgehead atoms. The van der Waals surface area contributed by atoms with Gasteiger partial charge in [-0.2, -0.15) is 0 Å². The summed E-state index contributed by atoms with van der Waals surface area (Å²) in [6.45, 7) is 5.83. The molecular weight excluding hydrogens is 406 g/mol. The molecule has 0 saturated carbocycles. The average molecular weight is 430 g/mol. The van der Waals surface area contributed by atoms with Crippen LogP contribution in [0.25, 0.3) is 11.3 Å². The molecule has 1 aromatic heterocycles. The van der Waals surface area contributed by atoms with Gasteiger partial charge in [-0.3, -0.25) is 10.1 Å². The van der Waals surface area contributed by atoms with Gasteiger partial charge in [-0.05, 0) is 43.5 Å². The van der Waals surface area contributed by atoms with Crippen molar-refractivity contribution in [3.63, 3.8) is 0 Å². The van der Waals surface area contributed by atoms with E-state index in [1.54, 1.807) is 13.0 Å². The smallest absolute Gasteiger partial charge is 0.257 e. The normalized spacial score (nSPS) is 11.4. The number of benzene rings is 2. The van der Waals surface area contributed by atoms with E-state index in [9.17, 15) is 13.2 Å². The van der Waals surface area contributed by atoms with Gasteiger partial charge in [0.2, 0.25) is 10.0 Å². The van der Waals surface area contributed by atoms with Crippen LogP contribution in [0.2, 0.25) is 0 Å². The molecule has 0 fully saturated rings. The third-order valence-corrected chi connectivity index (χ3v) is 6.36. The Balaban J connectivity index is 1.85. The SMILES string of the molecule is CCCc1ccc(-c2nc(NC(=O)c3cc(S(N)(=O)=O)ccc3C)sc2C)cc1. The third kappa shape index (κ3) is 4.90. The van der Waals surface area contributed by atoms with Crippen molar-refractivity contribution < 1.29 is 13.2 Å². The first-order chi connectivity index (χ1) is 13.7. The second-order valence-corrected chi connectivity index (χ2v) is 9.61. The summed E-state index contributed by atoms with van der Waals surface area (Å²) in [6, 6.07) is 12.5. The summed E-state index contributed by atoms with van der Waals surface area (Å²) in [5.74, 6) is -0.424. The maximum atomic E-state index is 12.7. The van der Waals surface area contributed by atoms with Gasteiger partial charge >= 0.3 is 0 Å². The highest BCUT2D eigenvalue weighted by Crippen LogP contribution is 2.31. The van der Waals surface area contributed by atoms with E-state index in [0.717, 1.165) is 29.0 Å². The van der Waals surface area contributed by atoms with Gasteiger partial charge in [0.15, 0.2) is 5.13 Å². The molecule has 0 aliphatic carbocycles. The first-order valence-corrected chi connectivity index (χ1v) is 11.6. The third-order valence-electron chi connectivity index (χ3n) is 4.57. The summed E-state index contributed by atoms with van der Waals surface area (Å²) in [7, 11) is -3.89. The van der Waals surface area contributed by atoms with Crippen LogP contribution >= 0.6 is 11.3 Å². The number of carbonyl (C=O) groups is 1. The number of nitrogens with zero attached hydrogens (tertiary/aromatic N) is 1. The van der Waals surface area contributed by atoms with Crippen molar-refractivity contribution in [3.8, 4) is 11.3 Å². The largest absolute Gasteiger partial charge is 0.298 e. The lowest BCUT2D eigenvalue weighted by Crippen LogP contribution is -2.17. The molecule has 29 heavy (non-hydrogen) atoms. The van der Waals surface area contributed by atoms with Crippen molar-refractivity contribution in [1.82, 2.24) is 4.98 Å². The molecule has 0 saturated heterocycles. The van der Waals surface area contributed by atoms with Crippen LogP contribution in [0.15, 0.2) is 47.4 Å². The Labute approximate surface area is 174 Å². The van der Waals surface area contributed by atoms with Gasteiger partial charge in [0, 0.05) is 16.0 Å². The first kappa shape index (κ1) is 21.2. The van der Waals surface area contributed by atoms with Crippen molar-refractivity contribution in [2.75, 3.05) is 5.32 Å². The van der Waals surface area contributed by atoms with E-state index in [1.807, 2.05) is 19.1 Å². The number of aromatic nitrogens is 1. The second kappa shape index (κ2) is 8.44. The monoisotopic (exact) mass is 429 g/mol. The van der Waals surface area contributed by atoms with Crippen LogP contribution in [0.1, 0.15) is 39.7 Å². The molecule has 3 rings (SSSR count). The zero-order valence-electron chi connectivity index (χ0n) is 16.5. The summed E-state index contributed by atoms with van der Waals surface area (Å²) in [6.07, 6.45) is 2.13. The van der Waals surface area contributed by atoms with E-state index < -0.39 is 15.9 Å². The quantitative estimate of drug-likeness (QED) is 0.610.